The molecule has 0 bridgehead atoms. The van der Waals surface area contributed by atoms with Crippen molar-refractivity contribution in [3.05, 3.63) is 71.0 Å². The Balaban J connectivity index is 1.72. The zero-order valence-corrected chi connectivity index (χ0v) is 17.6. The zero-order valence-electron chi connectivity index (χ0n) is 17.6. The molecule has 30 heavy (non-hydrogen) atoms. The van der Waals surface area contributed by atoms with Gasteiger partial charge in [-0.25, -0.2) is 9.97 Å². The number of benzene rings is 2. The number of nitrogens with one attached hydrogen (secondary N) is 2. The second kappa shape index (κ2) is 7.94. The smallest absolute Gasteiger partial charge is 0.224 e. The van der Waals surface area contributed by atoms with Crippen LogP contribution in [0.25, 0.3) is 11.2 Å². The number of nitrogens with zero attached hydrogens (tertiary/aromatic N) is 4. The van der Waals surface area contributed by atoms with Crippen molar-refractivity contribution in [1.82, 2.24) is 19.9 Å². The summed E-state index contributed by atoms with van der Waals surface area (Å²) in [5.41, 5.74) is 12.9. The van der Waals surface area contributed by atoms with Crippen molar-refractivity contribution in [2.45, 2.75) is 33.7 Å². The van der Waals surface area contributed by atoms with Crippen molar-refractivity contribution in [3.8, 4) is 0 Å². The van der Waals surface area contributed by atoms with Crippen LogP contribution in [0.15, 0.2) is 48.5 Å². The molecular weight excluding hydrogens is 374 g/mol. The molecule has 0 radical (unpaired) electrons. The molecule has 152 valence electrons. The molecule has 4 N–H and O–H groups in total. The van der Waals surface area contributed by atoms with E-state index in [1.165, 1.54) is 11.1 Å². The number of hydrogen-bond donors (Lipinski definition) is 3. The Labute approximate surface area is 175 Å². The highest BCUT2D eigenvalue weighted by Crippen LogP contribution is 2.26. The second-order valence-electron chi connectivity index (χ2n) is 7.52. The maximum atomic E-state index is 5.92. The summed E-state index contributed by atoms with van der Waals surface area (Å²) in [5.74, 6) is 0.696. The van der Waals surface area contributed by atoms with Gasteiger partial charge in [-0.05, 0) is 52.0 Å². The minimum atomic E-state index is -0.0469. The first kappa shape index (κ1) is 19.6. The first-order valence-electron chi connectivity index (χ1n) is 9.87. The summed E-state index contributed by atoms with van der Waals surface area (Å²) in [7, 11) is 0. The predicted octanol–water partition coefficient (Wildman–Crippen LogP) is 4.84. The number of nitrogens with two attached hydrogens (primary N) is 1. The molecule has 7 nitrogen and oxygen atoms in total. The van der Waals surface area contributed by atoms with Gasteiger partial charge in [0.05, 0.1) is 17.4 Å². The molecule has 1 atom stereocenters. The Morgan fingerprint density at radius 3 is 2.00 bits per heavy atom. The Kier molecular flexibility index (Phi) is 5.18. The van der Waals surface area contributed by atoms with Crippen LogP contribution in [0.1, 0.15) is 35.5 Å². The first-order valence-corrected chi connectivity index (χ1v) is 9.87. The van der Waals surface area contributed by atoms with Crippen molar-refractivity contribution in [3.63, 3.8) is 0 Å². The average molecular weight is 400 g/mol. The van der Waals surface area contributed by atoms with E-state index >= 15 is 0 Å². The molecule has 0 saturated heterocycles. The van der Waals surface area contributed by atoms with Crippen LogP contribution in [-0.2, 0) is 0 Å². The molecule has 0 fully saturated rings. The van der Waals surface area contributed by atoms with Crippen LogP contribution in [0.5, 0.6) is 0 Å². The lowest BCUT2D eigenvalue weighted by Gasteiger charge is -2.18. The number of anilines is 4. The highest BCUT2D eigenvalue weighted by atomic mass is 15.1. The standard InChI is InChI=1S/C23H25N7/c1-13-5-9-17(10-6-13)25-15(3)19-16(4)26-21-20(28-19)22(30-23(24)29-21)27-18-11-7-14(2)8-12-18/h5-12,15,25H,1-4H3,(H3,24,26,27,29,30). The van der Waals surface area contributed by atoms with Gasteiger partial charge >= 0.3 is 0 Å². The number of fused-ring (bicyclic) bond motifs is 1. The van der Waals surface area contributed by atoms with E-state index in [4.69, 9.17) is 10.7 Å². The fourth-order valence-corrected chi connectivity index (χ4v) is 3.30. The molecule has 0 spiro atoms. The summed E-state index contributed by atoms with van der Waals surface area (Å²) < 4.78 is 0. The molecule has 0 aliphatic heterocycles. The van der Waals surface area contributed by atoms with E-state index in [-0.39, 0.29) is 12.0 Å². The molecule has 2 aromatic heterocycles. The van der Waals surface area contributed by atoms with E-state index in [0.29, 0.717) is 17.0 Å². The van der Waals surface area contributed by atoms with Crippen molar-refractivity contribution in [2.24, 2.45) is 0 Å². The summed E-state index contributed by atoms with van der Waals surface area (Å²) in [6, 6.07) is 16.3. The predicted molar refractivity (Wildman–Crippen MR) is 122 cm³/mol. The Morgan fingerprint density at radius 1 is 0.767 bits per heavy atom. The SMILES string of the molecule is Cc1ccc(Nc2nc(N)nc3nc(C)c(C(C)Nc4ccc(C)cc4)nc23)cc1. The third-order valence-electron chi connectivity index (χ3n) is 4.92. The van der Waals surface area contributed by atoms with Gasteiger partial charge in [0, 0.05) is 11.4 Å². The minimum Gasteiger partial charge on any atom is -0.377 e. The second-order valence-corrected chi connectivity index (χ2v) is 7.52. The molecule has 7 heteroatoms. The van der Waals surface area contributed by atoms with Gasteiger partial charge in [-0.2, -0.15) is 9.97 Å². The van der Waals surface area contributed by atoms with Gasteiger partial charge in [-0.1, -0.05) is 35.4 Å². The van der Waals surface area contributed by atoms with Crippen LogP contribution >= 0.6 is 0 Å². The van der Waals surface area contributed by atoms with Gasteiger partial charge < -0.3 is 16.4 Å². The van der Waals surface area contributed by atoms with Crippen LogP contribution in [0.2, 0.25) is 0 Å². The third kappa shape index (κ3) is 4.15. The van der Waals surface area contributed by atoms with Gasteiger partial charge in [0.15, 0.2) is 17.0 Å². The molecule has 0 aliphatic carbocycles. The van der Waals surface area contributed by atoms with Crippen molar-refractivity contribution in [2.75, 3.05) is 16.4 Å². The van der Waals surface area contributed by atoms with E-state index < -0.39 is 0 Å². The van der Waals surface area contributed by atoms with E-state index in [0.717, 1.165) is 22.8 Å². The molecule has 4 rings (SSSR count). The third-order valence-corrected chi connectivity index (χ3v) is 4.92. The molecule has 2 heterocycles. The number of hydrogen-bond acceptors (Lipinski definition) is 7. The van der Waals surface area contributed by atoms with Crippen LogP contribution in [0.4, 0.5) is 23.1 Å². The zero-order chi connectivity index (χ0) is 21.3. The van der Waals surface area contributed by atoms with Gasteiger partial charge in [-0.3, -0.25) is 0 Å². The number of aromatic nitrogens is 4. The van der Waals surface area contributed by atoms with Gasteiger partial charge in [0.1, 0.15) is 0 Å². The van der Waals surface area contributed by atoms with Crippen LogP contribution in [0, 0.1) is 20.8 Å². The fourth-order valence-electron chi connectivity index (χ4n) is 3.30. The van der Waals surface area contributed by atoms with Crippen LogP contribution in [-0.4, -0.2) is 19.9 Å². The average Bonchev–Trinajstić information content (AvgIpc) is 2.70. The Morgan fingerprint density at radius 2 is 1.37 bits per heavy atom. The van der Waals surface area contributed by atoms with Crippen molar-refractivity contribution < 1.29 is 0 Å². The number of nitrogen functional groups attached to an aromatic ring is 1. The van der Waals surface area contributed by atoms with Gasteiger partial charge in [0.2, 0.25) is 5.95 Å². The highest BCUT2D eigenvalue weighted by molar-refractivity contribution is 5.86. The molecule has 4 aromatic rings. The van der Waals surface area contributed by atoms with E-state index in [2.05, 4.69) is 63.7 Å². The van der Waals surface area contributed by atoms with Crippen molar-refractivity contribution in [1.29, 1.82) is 0 Å². The topological polar surface area (TPSA) is 102 Å². The fraction of sp³-hybridized carbons (Fsp3) is 0.217. The summed E-state index contributed by atoms with van der Waals surface area (Å²) in [4.78, 5) is 18.2. The van der Waals surface area contributed by atoms with E-state index in [9.17, 15) is 0 Å². The largest absolute Gasteiger partial charge is 0.377 e. The lowest BCUT2D eigenvalue weighted by Crippen LogP contribution is -2.13. The number of aryl methyl sites for hydroxylation is 3. The summed E-state index contributed by atoms with van der Waals surface area (Å²) in [6.07, 6.45) is 0. The summed E-state index contributed by atoms with van der Waals surface area (Å²) in [5, 5.41) is 6.79. The molecule has 0 amide bonds. The summed E-state index contributed by atoms with van der Waals surface area (Å²) in [6.45, 7) is 8.11. The molecule has 2 aromatic carbocycles. The quantitative estimate of drug-likeness (QED) is 0.441. The van der Waals surface area contributed by atoms with E-state index in [1.807, 2.05) is 38.1 Å². The monoisotopic (exact) mass is 399 g/mol. The maximum absolute atomic E-state index is 5.92. The molecule has 0 saturated carbocycles. The van der Waals surface area contributed by atoms with Crippen LogP contribution in [0.3, 0.4) is 0 Å². The van der Waals surface area contributed by atoms with Crippen LogP contribution < -0.4 is 16.4 Å². The Hall–Kier alpha value is -3.74. The molecule has 0 aliphatic rings. The lowest BCUT2D eigenvalue weighted by molar-refractivity contribution is 0.820. The molecular formula is C23H25N7. The van der Waals surface area contributed by atoms with E-state index in [1.54, 1.807) is 0 Å². The lowest BCUT2D eigenvalue weighted by atomic mass is 10.1. The number of rotatable bonds is 5. The summed E-state index contributed by atoms with van der Waals surface area (Å²) >= 11 is 0. The highest BCUT2D eigenvalue weighted by Gasteiger charge is 2.17. The molecule has 1 unspecified atom stereocenters. The van der Waals surface area contributed by atoms with Gasteiger partial charge in [-0.15, -0.1) is 0 Å². The minimum absolute atomic E-state index is 0.0469. The van der Waals surface area contributed by atoms with Crippen molar-refractivity contribution >= 4 is 34.3 Å². The normalized spacial score (nSPS) is 12.0. The van der Waals surface area contributed by atoms with Gasteiger partial charge in [0.25, 0.3) is 0 Å². The maximum Gasteiger partial charge on any atom is 0.224 e. The first-order chi connectivity index (χ1) is 14.4. The Bertz CT molecular complexity index is 1190.